The second-order valence-corrected chi connectivity index (χ2v) is 5.66. The molecule has 0 atom stereocenters. The third kappa shape index (κ3) is 3.68. The molecule has 0 spiro atoms. The quantitative estimate of drug-likeness (QED) is 0.744. The lowest BCUT2D eigenvalue weighted by Crippen LogP contribution is -2.27. The van der Waals surface area contributed by atoms with Crippen molar-refractivity contribution < 1.29 is 4.79 Å². The summed E-state index contributed by atoms with van der Waals surface area (Å²) in [5, 5.41) is 11.4. The highest BCUT2D eigenvalue weighted by atomic mass is 16.2. The predicted molar refractivity (Wildman–Crippen MR) is 89.1 cm³/mol. The van der Waals surface area contributed by atoms with E-state index in [2.05, 4.69) is 32.6 Å². The van der Waals surface area contributed by atoms with E-state index in [1.54, 1.807) is 0 Å². The molecule has 1 N–H and O–H groups in total. The standard InChI is InChI=1S/C17H20N6O/c1-13-16(8-19-17(24)10-22-12-18-11-20-22)14(2)23(21-13)9-15-6-4-3-5-7-15/h3-7,11-12H,8-10H2,1-2H3,(H,19,24). The largest absolute Gasteiger partial charge is 0.350 e. The minimum absolute atomic E-state index is 0.102. The number of rotatable bonds is 6. The summed E-state index contributed by atoms with van der Waals surface area (Å²) in [6, 6.07) is 10.2. The van der Waals surface area contributed by atoms with Crippen molar-refractivity contribution in [3.63, 3.8) is 0 Å². The van der Waals surface area contributed by atoms with Gasteiger partial charge in [0.15, 0.2) is 0 Å². The van der Waals surface area contributed by atoms with Crippen LogP contribution in [0.3, 0.4) is 0 Å². The van der Waals surface area contributed by atoms with E-state index in [9.17, 15) is 4.79 Å². The van der Waals surface area contributed by atoms with Crippen LogP contribution in [0.15, 0.2) is 43.0 Å². The molecule has 0 fully saturated rings. The molecule has 0 aliphatic rings. The fraction of sp³-hybridized carbons (Fsp3) is 0.294. The van der Waals surface area contributed by atoms with E-state index < -0.39 is 0 Å². The first kappa shape index (κ1) is 15.9. The third-order valence-corrected chi connectivity index (χ3v) is 3.94. The number of benzene rings is 1. The number of aryl methyl sites for hydroxylation is 1. The third-order valence-electron chi connectivity index (χ3n) is 3.94. The van der Waals surface area contributed by atoms with Crippen LogP contribution in [0.1, 0.15) is 22.5 Å². The van der Waals surface area contributed by atoms with Gasteiger partial charge in [-0.3, -0.25) is 9.48 Å². The van der Waals surface area contributed by atoms with Crippen molar-refractivity contribution in [3.05, 3.63) is 65.5 Å². The van der Waals surface area contributed by atoms with Crippen LogP contribution in [-0.4, -0.2) is 30.5 Å². The Labute approximate surface area is 140 Å². The summed E-state index contributed by atoms with van der Waals surface area (Å²) >= 11 is 0. The molecule has 0 aliphatic heterocycles. The Kier molecular flexibility index (Phi) is 4.69. The zero-order valence-electron chi connectivity index (χ0n) is 13.8. The molecule has 2 aromatic heterocycles. The van der Waals surface area contributed by atoms with Crippen molar-refractivity contribution in [2.75, 3.05) is 0 Å². The second kappa shape index (κ2) is 7.08. The Bertz CT molecular complexity index is 807. The molecule has 24 heavy (non-hydrogen) atoms. The number of nitrogens with one attached hydrogen (secondary N) is 1. The summed E-state index contributed by atoms with van der Waals surface area (Å²) in [6.07, 6.45) is 2.93. The molecule has 7 nitrogen and oxygen atoms in total. The summed E-state index contributed by atoms with van der Waals surface area (Å²) in [5.41, 5.74) is 4.25. The van der Waals surface area contributed by atoms with Gasteiger partial charge < -0.3 is 5.32 Å². The van der Waals surface area contributed by atoms with Gasteiger partial charge in [0.2, 0.25) is 5.91 Å². The summed E-state index contributed by atoms with van der Waals surface area (Å²) in [4.78, 5) is 15.8. The van der Waals surface area contributed by atoms with E-state index in [-0.39, 0.29) is 12.5 Å². The molecule has 0 saturated carbocycles. The molecular weight excluding hydrogens is 304 g/mol. The van der Waals surface area contributed by atoms with Crippen LogP contribution < -0.4 is 5.32 Å². The lowest BCUT2D eigenvalue weighted by Gasteiger charge is -2.07. The average Bonchev–Trinajstić information content (AvgIpc) is 3.16. The molecule has 3 rings (SSSR count). The number of hydrogen-bond acceptors (Lipinski definition) is 4. The number of carbonyl (C=O) groups excluding carboxylic acids is 1. The van der Waals surface area contributed by atoms with Crippen LogP contribution in [0.2, 0.25) is 0 Å². The minimum atomic E-state index is -0.102. The first-order valence-electron chi connectivity index (χ1n) is 7.79. The lowest BCUT2D eigenvalue weighted by atomic mass is 10.2. The van der Waals surface area contributed by atoms with Crippen molar-refractivity contribution in [1.82, 2.24) is 29.9 Å². The highest BCUT2D eigenvalue weighted by Gasteiger charge is 2.13. The van der Waals surface area contributed by atoms with Gasteiger partial charge in [-0.2, -0.15) is 10.2 Å². The Morgan fingerprint density at radius 1 is 1.21 bits per heavy atom. The van der Waals surface area contributed by atoms with Crippen molar-refractivity contribution in [2.24, 2.45) is 0 Å². The fourth-order valence-corrected chi connectivity index (χ4v) is 2.60. The molecule has 1 aromatic carbocycles. The zero-order chi connectivity index (χ0) is 16.9. The van der Waals surface area contributed by atoms with Crippen molar-refractivity contribution in [2.45, 2.75) is 33.5 Å². The normalized spacial score (nSPS) is 10.8. The van der Waals surface area contributed by atoms with Gasteiger partial charge in [-0.25, -0.2) is 9.67 Å². The van der Waals surface area contributed by atoms with Crippen LogP contribution in [0.4, 0.5) is 0 Å². The monoisotopic (exact) mass is 324 g/mol. The first-order valence-corrected chi connectivity index (χ1v) is 7.79. The molecule has 124 valence electrons. The van der Waals surface area contributed by atoms with Gasteiger partial charge in [-0.15, -0.1) is 0 Å². The van der Waals surface area contributed by atoms with Gasteiger partial charge in [0.1, 0.15) is 19.2 Å². The SMILES string of the molecule is Cc1nn(Cc2ccccc2)c(C)c1CNC(=O)Cn1cncn1. The smallest absolute Gasteiger partial charge is 0.242 e. The van der Waals surface area contributed by atoms with Gasteiger partial charge in [-0.05, 0) is 19.4 Å². The van der Waals surface area contributed by atoms with Crippen LogP contribution in [0.5, 0.6) is 0 Å². The summed E-state index contributed by atoms with van der Waals surface area (Å²) < 4.78 is 3.47. The number of hydrogen-bond donors (Lipinski definition) is 1. The molecule has 2 heterocycles. The topological polar surface area (TPSA) is 77.6 Å². The maximum atomic E-state index is 12.0. The molecule has 1 amide bonds. The molecular formula is C17H20N6O. The highest BCUT2D eigenvalue weighted by molar-refractivity contribution is 5.75. The Morgan fingerprint density at radius 3 is 2.71 bits per heavy atom. The fourth-order valence-electron chi connectivity index (χ4n) is 2.60. The molecule has 3 aromatic rings. The van der Waals surface area contributed by atoms with E-state index >= 15 is 0 Å². The van der Waals surface area contributed by atoms with Gasteiger partial charge in [0, 0.05) is 17.8 Å². The van der Waals surface area contributed by atoms with Crippen molar-refractivity contribution >= 4 is 5.91 Å². The number of nitrogens with zero attached hydrogens (tertiary/aromatic N) is 5. The van der Waals surface area contributed by atoms with Gasteiger partial charge in [0.05, 0.1) is 12.2 Å². The zero-order valence-corrected chi connectivity index (χ0v) is 13.8. The van der Waals surface area contributed by atoms with Crippen molar-refractivity contribution in [3.8, 4) is 0 Å². The van der Waals surface area contributed by atoms with Gasteiger partial charge in [0.25, 0.3) is 0 Å². The molecule has 0 radical (unpaired) electrons. The minimum Gasteiger partial charge on any atom is -0.350 e. The van der Waals surface area contributed by atoms with E-state index in [4.69, 9.17) is 0 Å². The number of carbonyl (C=O) groups is 1. The maximum absolute atomic E-state index is 12.0. The van der Waals surface area contributed by atoms with E-state index in [1.165, 1.54) is 22.9 Å². The van der Waals surface area contributed by atoms with Gasteiger partial charge in [-0.1, -0.05) is 30.3 Å². The average molecular weight is 324 g/mol. The Balaban J connectivity index is 1.64. The highest BCUT2D eigenvalue weighted by Crippen LogP contribution is 2.14. The van der Waals surface area contributed by atoms with Crippen LogP contribution in [-0.2, 0) is 24.4 Å². The molecule has 7 heteroatoms. The van der Waals surface area contributed by atoms with Crippen LogP contribution >= 0.6 is 0 Å². The first-order chi connectivity index (χ1) is 11.6. The molecule has 0 aliphatic carbocycles. The number of aromatic nitrogens is 5. The summed E-state index contributed by atoms with van der Waals surface area (Å²) in [7, 11) is 0. The summed E-state index contributed by atoms with van der Waals surface area (Å²) in [5.74, 6) is -0.102. The second-order valence-electron chi connectivity index (χ2n) is 5.66. The van der Waals surface area contributed by atoms with E-state index in [1.807, 2.05) is 36.7 Å². The lowest BCUT2D eigenvalue weighted by molar-refractivity contribution is -0.122. The molecule has 0 unspecified atom stereocenters. The Hall–Kier alpha value is -2.96. The van der Waals surface area contributed by atoms with Gasteiger partial charge >= 0.3 is 0 Å². The number of amides is 1. The van der Waals surface area contributed by atoms with E-state index in [0.717, 1.165) is 23.5 Å². The maximum Gasteiger partial charge on any atom is 0.242 e. The van der Waals surface area contributed by atoms with Crippen LogP contribution in [0, 0.1) is 13.8 Å². The van der Waals surface area contributed by atoms with Crippen LogP contribution in [0.25, 0.3) is 0 Å². The predicted octanol–water partition coefficient (Wildman–Crippen LogP) is 1.46. The molecule has 0 saturated heterocycles. The summed E-state index contributed by atoms with van der Waals surface area (Å²) in [6.45, 7) is 5.34. The van der Waals surface area contributed by atoms with E-state index in [0.29, 0.717) is 6.54 Å². The Morgan fingerprint density at radius 2 is 2.00 bits per heavy atom. The van der Waals surface area contributed by atoms with Crippen molar-refractivity contribution in [1.29, 1.82) is 0 Å². The molecule has 0 bridgehead atoms.